The van der Waals surface area contributed by atoms with E-state index in [2.05, 4.69) is 15.9 Å². The Balaban J connectivity index is 0.000000193. The van der Waals surface area contributed by atoms with Gasteiger partial charge in [-0.3, -0.25) is 4.79 Å². The van der Waals surface area contributed by atoms with Crippen molar-refractivity contribution in [1.29, 1.82) is 0 Å². The fourth-order valence-corrected chi connectivity index (χ4v) is 5.72. The van der Waals surface area contributed by atoms with Crippen LogP contribution >= 0.6 is 15.9 Å². The number of rotatable bonds is 16. The summed E-state index contributed by atoms with van der Waals surface area (Å²) in [6.45, 7) is 3.30. The van der Waals surface area contributed by atoms with Crippen LogP contribution in [0, 0.1) is 6.92 Å². The van der Waals surface area contributed by atoms with Crippen molar-refractivity contribution in [2.24, 2.45) is 0 Å². The Morgan fingerprint density at radius 3 is 1.14 bits per heavy atom. The Morgan fingerprint density at radius 2 is 0.759 bits per heavy atom. The maximum absolute atomic E-state index is 10.9. The van der Waals surface area contributed by atoms with Gasteiger partial charge in [-0.1, -0.05) is 42.5 Å². The summed E-state index contributed by atoms with van der Waals surface area (Å²) in [5.41, 5.74) is 4.56. The normalized spacial score (nSPS) is 10.0. The molecule has 0 aliphatic carbocycles. The molecule has 0 heterocycles. The van der Waals surface area contributed by atoms with Crippen molar-refractivity contribution < 1.29 is 47.4 Å². The molecule has 0 amide bonds. The minimum atomic E-state index is 0.332. The second-order valence-electron chi connectivity index (χ2n) is 12.4. The molecule has 304 valence electrons. The van der Waals surface area contributed by atoms with Crippen LogP contribution in [0.5, 0.6) is 51.7 Å². The van der Waals surface area contributed by atoms with Crippen molar-refractivity contribution in [1.82, 2.24) is 0 Å². The van der Waals surface area contributed by atoms with Crippen LogP contribution in [0.1, 0.15) is 32.6 Å². The van der Waals surface area contributed by atoms with Crippen molar-refractivity contribution in [3.05, 3.63) is 160 Å². The lowest BCUT2D eigenvalue weighted by Crippen LogP contribution is -1.99. The van der Waals surface area contributed by atoms with Gasteiger partial charge in [0.1, 0.15) is 71.6 Å². The fourth-order valence-electron chi connectivity index (χ4n) is 5.32. The molecule has 0 unspecified atom stereocenters. The molecule has 0 radical (unpaired) electrons. The third-order valence-electron chi connectivity index (χ3n) is 8.39. The molecular formula is C47H49BrO10. The molecule has 6 rings (SSSR count). The third-order valence-corrected chi connectivity index (χ3v) is 9.05. The van der Waals surface area contributed by atoms with Gasteiger partial charge in [0, 0.05) is 18.2 Å². The van der Waals surface area contributed by atoms with Gasteiger partial charge in [-0.15, -0.1) is 0 Å². The zero-order valence-corrected chi connectivity index (χ0v) is 35.4. The molecule has 0 spiro atoms. The number of halogens is 1. The molecular weight excluding hydrogens is 804 g/mol. The highest BCUT2D eigenvalue weighted by Crippen LogP contribution is 2.28. The van der Waals surface area contributed by atoms with E-state index >= 15 is 0 Å². The molecule has 6 aromatic rings. The zero-order chi connectivity index (χ0) is 41.7. The largest absolute Gasteiger partial charge is 0.497 e. The minimum Gasteiger partial charge on any atom is -0.497 e. The average Bonchev–Trinajstić information content (AvgIpc) is 3.27. The van der Waals surface area contributed by atoms with E-state index in [4.69, 9.17) is 42.6 Å². The average molecular weight is 854 g/mol. The van der Waals surface area contributed by atoms with E-state index in [0.29, 0.717) is 42.6 Å². The monoisotopic (exact) mass is 852 g/mol. The molecule has 0 aromatic heterocycles. The van der Waals surface area contributed by atoms with Crippen LogP contribution in [-0.4, -0.2) is 48.9 Å². The molecule has 10 nitrogen and oxygen atoms in total. The second-order valence-corrected chi connectivity index (χ2v) is 13.2. The number of hydrogen-bond acceptors (Lipinski definition) is 10. The number of methoxy groups -OCH3 is 6. The Bertz CT molecular complexity index is 2020. The minimum absolute atomic E-state index is 0.332. The summed E-state index contributed by atoms with van der Waals surface area (Å²) in [6.07, 6.45) is 0.779. The van der Waals surface area contributed by atoms with Gasteiger partial charge in [0.25, 0.3) is 0 Å². The number of para-hydroxylation sites is 3. The first kappa shape index (κ1) is 44.4. The number of aldehydes is 1. The lowest BCUT2D eigenvalue weighted by atomic mass is 10.2. The van der Waals surface area contributed by atoms with Gasteiger partial charge in [0.2, 0.25) is 0 Å². The van der Waals surface area contributed by atoms with E-state index in [0.717, 1.165) is 67.5 Å². The summed E-state index contributed by atoms with van der Waals surface area (Å²) in [5, 5.41) is 0. The van der Waals surface area contributed by atoms with Gasteiger partial charge < -0.3 is 42.6 Å². The molecule has 0 aliphatic heterocycles. The molecule has 0 saturated heterocycles. The molecule has 0 N–H and O–H groups in total. The van der Waals surface area contributed by atoms with Gasteiger partial charge in [-0.25, -0.2) is 0 Å². The predicted octanol–water partition coefficient (Wildman–Crippen LogP) is 10.7. The number of benzene rings is 6. The highest BCUT2D eigenvalue weighted by atomic mass is 79.9. The summed E-state index contributed by atoms with van der Waals surface area (Å²) < 4.78 is 49.5. The van der Waals surface area contributed by atoms with Crippen molar-refractivity contribution in [3.63, 3.8) is 0 Å². The van der Waals surface area contributed by atoms with Crippen molar-refractivity contribution >= 4 is 22.2 Å². The van der Waals surface area contributed by atoms with E-state index in [1.54, 1.807) is 66.9 Å². The van der Waals surface area contributed by atoms with Crippen molar-refractivity contribution in [2.75, 3.05) is 42.7 Å². The van der Waals surface area contributed by atoms with Crippen molar-refractivity contribution in [2.45, 2.75) is 26.7 Å². The molecule has 0 bridgehead atoms. The summed E-state index contributed by atoms with van der Waals surface area (Å²) in [6, 6.07) is 39.8. The van der Waals surface area contributed by atoms with Crippen molar-refractivity contribution in [3.8, 4) is 51.7 Å². The van der Waals surface area contributed by atoms with Gasteiger partial charge in [-0.05, 0) is 112 Å². The topological polar surface area (TPSA) is 100 Å². The molecule has 0 fully saturated rings. The second kappa shape index (κ2) is 23.7. The van der Waals surface area contributed by atoms with Crippen LogP contribution in [0.3, 0.4) is 0 Å². The number of carbonyl (C=O) groups excluding carboxylic acids is 1. The first-order valence-corrected chi connectivity index (χ1v) is 18.9. The number of hydrogen-bond donors (Lipinski definition) is 0. The van der Waals surface area contributed by atoms with Gasteiger partial charge in [-0.2, -0.15) is 0 Å². The van der Waals surface area contributed by atoms with Crippen LogP contribution in [0.2, 0.25) is 0 Å². The van der Waals surface area contributed by atoms with E-state index in [1.807, 2.05) is 110 Å². The third kappa shape index (κ3) is 14.0. The maximum atomic E-state index is 10.9. The van der Waals surface area contributed by atoms with Crippen LogP contribution in [-0.2, 0) is 19.8 Å². The quantitative estimate of drug-likeness (QED) is 0.0875. The van der Waals surface area contributed by atoms with Crippen LogP contribution in [0.25, 0.3) is 0 Å². The van der Waals surface area contributed by atoms with Gasteiger partial charge >= 0.3 is 0 Å². The van der Waals surface area contributed by atoms with E-state index in [9.17, 15) is 4.79 Å². The zero-order valence-electron chi connectivity index (χ0n) is 33.8. The molecule has 0 aliphatic rings. The number of ether oxygens (including phenoxy) is 9. The van der Waals surface area contributed by atoms with Crippen LogP contribution in [0.4, 0.5) is 0 Å². The Hall–Kier alpha value is -6.33. The van der Waals surface area contributed by atoms with Crippen LogP contribution in [0.15, 0.2) is 132 Å². The SMILES string of the molecule is COc1cc(COc2ccccc2Br)cc(OC)c1.COc1cc(COc2ccccc2C)cc(OC)c1.COc1cc(COc2ccccc2C=O)cc(OC)c1. The molecule has 0 atom stereocenters. The fraction of sp³-hybridized carbons (Fsp3) is 0.213. The summed E-state index contributed by atoms with van der Waals surface area (Å²) in [5.74, 6) is 6.71. The van der Waals surface area contributed by atoms with Gasteiger partial charge in [0.05, 0.1) is 52.7 Å². The standard InChI is InChI=1S/C16H16O4.C16H18O3.C15H15BrO3/c1-18-14-7-12(8-15(9-14)19-2)11-20-16-6-4-3-5-13(16)10-17;1-12-6-4-5-7-16(12)19-11-13-8-14(17-2)10-15(9-13)18-3;1-17-12-7-11(8-13(9-12)18-2)10-19-15-6-4-3-5-14(15)16/h3-10H,11H2,1-2H3;4-10H,11H2,1-3H3;3-9H,10H2,1-2H3. The first-order chi connectivity index (χ1) is 28.2. The molecule has 6 aromatic carbocycles. The highest BCUT2D eigenvalue weighted by Gasteiger charge is 2.08. The maximum Gasteiger partial charge on any atom is 0.153 e. The predicted molar refractivity (Wildman–Crippen MR) is 229 cm³/mol. The summed E-state index contributed by atoms with van der Waals surface area (Å²) in [7, 11) is 9.74. The lowest BCUT2D eigenvalue weighted by Gasteiger charge is -2.11. The molecule has 11 heteroatoms. The summed E-state index contributed by atoms with van der Waals surface area (Å²) >= 11 is 3.45. The first-order valence-electron chi connectivity index (χ1n) is 18.1. The molecule has 0 saturated carbocycles. The van der Waals surface area contributed by atoms with E-state index in [-0.39, 0.29) is 0 Å². The smallest absolute Gasteiger partial charge is 0.153 e. The lowest BCUT2D eigenvalue weighted by molar-refractivity contribution is 0.111. The van der Waals surface area contributed by atoms with Crippen LogP contribution < -0.4 is 42.6 Å². The Morgan fingerprint density at radius 1 is 0.431 bits per heavy atom. The van der Waals surface area contributed by atoms with Gasteiger partial charge in [0.15, 0.2) is 6.29 Å². The van der Waals surface area contributed by atoms with E-state index in [1.165, 1.54) is 0 Å². The number of carbonyl (C=O) groups is 1. The van der Waals surface area contributed by atoms with E-state index < -0.39 is 0 Å². The highest BCUT2D eigenvalue weighted by molar-refractivity contribution is 9.10. The Kier molecular flexibility index (Phi) is 18.1. The Labute approximate surface area is 349 Å². The summed E-state index contributed by atoms with van der Waals surface area (Å²) in [4.78, 5) is 10.9. The molecule has 58 heavy (non-hydrogen) atoms. The number of aryl methyl sites for hydroxylation is 1.